The predicted molar refractivity (Wildman–Crippen MR) is 95.2 cm³/mol. The SMILES string of the molecule is CNC(=O)CNC(=O)C[NH2+][C@H](c1ccccc1)c1ccc(OC(F)F)cc1. The topological polar surface area (TPSA) is 84.0 Å². The molecule has 0 saturated heterocycles. The highest BCUT2D eigenvalue weighted by Crippen LogP contribution is 2.22. The third-order valence-electron chi connectivity index (χ3n) is 3.89. The van der Waals surface area contributed by atoms with Crippen LogP contribution in [0.3, 0.4) is 0 Å². The minimum atomic E-state index is -2.88. The fraction of sp³-hybridized carbons (Fsp3) is 0.263. The van der Waals surface area contributed by atoms with Gasteiger partial charge in [-0.25, -0.2) is 0 Å². The normalized spacial score (nSPS) is 11.7. The largest absolute Gasteiger partial charge is 0.435 e. The molecule has 2 aromatic carbocycles. The van der Waals surface area contributed by atoms with E-state index < -0.39 is 6.61 Å². The van der Waals surface area contributed by atoms with Gasteiger partial charge in [0.1, 0.15) is 11.8 Å². The van der Waals surface area contributed by atoms with Gasteiger partial charge in [0.25, 0.3) is 5.91 Å². The Labute approximate surface area is 155 Å². The summed E-state index contributed by atoms with van der Waals surface area (Å²) in [6.07, 6.45) is 0. The number of alkyl halides is 2. The Kier molecular flexibility index (Phi) is 7.69. The van der Waals surface area contributed by atoms with Crippen molar-refractivity contribution in [2.24, 2.45) is 0 Å². The van der Waals surface area contributed by atoms with Crippen LogP contribution in [-0.4, -0.2) is 38.6 Å². The van der Waals surface area contributed by atoms with E-state index in [1.807, 2.05) is 35.6 Å². The monoisotopic (exact) mass is 378 g/mol. The second-order valence-corrected chi connectivity index (χ2v) is 5.73. The highest BCUT2D eigenvalue weighted by atomic mass is 19.3. The molecule has 4 N–H and O–H groups in total. The van der Waals surface area contributed by atoms with Crippen molar-refractivity contribution in [3.05, 3.63) is 65.7 Å². The number of nitrogens with two attached hydrogens (primary N) is 1. The van der Waals surface area contributed by atoms with Crippen LogP contribution in [0.15, 0.2) is 54.6 Å². The maximum atomic E-state index is 12.3. The van der Waals surface area contributed by atoms with E-state index in [-0.39, 0.29) is 36.7 Å². The van der Waals surface area contributed by atoms with E-state index in [9.17, 15) is 18.4 Å². The number of likely N-dealkylation sites (N-methyl/N-ethyl adjacent to an activating group) is 1. The highest BCUT2D eigenvalue weighted by molar-refractivity contribution is 5.84. The summed E-state index contributed by atoms with van der Waals surface area (Å²) < 4.78 is 29.0. The molecule has 0 spiro atoms. The Morgan fingerprint density at radius 3 is 2.22 bits per heavy atom. The number of carbonyl (C=O) groups is 2. The lowest BCUT2D eigenvalue weighted by Crippen LogP contribution is -2.87. The lowest BCUT2D eigenvalue weighted by Gasteiger charge is -2.17. The maximum absolute atomic E-state index is 12.3. The molecular formula is C19H22F2N3O3+. The molecule has 0 heterocycles. The molecule has 6 nitrogen and oxygen atoms in total. The molecule has 27 heavy (non-hydrogen) atoms. The van der Waals surface area contributed by atoms with Crippen LogP contribution >= 0.6 is 0 Å². The summed E-state index contributed by atoms with van der Waals surface area (Å²) in [5.41, 5.74) is 1.79. The first-order valence-electron chi connectivity index (χ1n) is 8.40. The number of ether oxygens (including phenoxy) is 1. The van der Waals surface area contributed by atoms with E-state index in [4.69, 9.17) is 0 Å². The van der Waals surface area contributed by atoms with Crippen molar-refractivity contribution in [3.8, 4) is 5.75 Å². The lowest BCUT2D eigenvalue weighted by atomic mass is 9.98. The number of halogens is 2. The van der Waals surface area contributed by atoms with Gasteiger partial charge in [-0.3, -0.25) is 9.59 Å². The summed E-state index contributed by atoms with van der Waals surface area (Å²) in [5, 5.41) is 6.78. The van der Waals surface area contributed by atoms with Crippen LogP contribution in [0.5, 0.6) is 5.75 Å². The van der Waals surface area contributed by atoms with Gasteiger partial charge < -0.3 is 20.7 Å². The molecule has 2 amide bonds. The summed E-state index contributed by atoms with van der Waals surface area (Å²) in [5.74, 6) is -0.487. The Morgan fingerprint density at radius 2 is 1.63 bits per heavy atom. The Bertz CT molecular complexity index is 740. The van der Waals surface area contributed by atoms with Crippen molar-refractivity contribution >= 4 is 11.8 Å². The Balaban J connectivity index is 2.08. The van der Waals surface area contributed by atoms with Crippen molar-refractivity contribution in [3.63, 3.8) is 0 Å². The van der Waals surface area contributed by atoms with Crippen molar-refractivity contribution in [2.45, 2.75) is 12.7 Å². The van der Waals surface area contributed by atoms with Crippen LogP contribution < -0.4 is 20.7 Å². The number of amides is 2. The maximum Gasteiger partial charge on any atom is 0.387 e. The van der Waals surface area contributed by atoms with Crippen molar-refractivity contribution in [2.75, 3.05) is 20.1 Å². The second kappa shape index (κ2) is 10.2. The highest BCUT2D eigenvalue weighted by Gasteiger charge is 2.19. The third-order valence-corrected chi connectivity index (χ3v) is 3.89. The van der Waals surface area contributed by atoms with Gasteiger partial charge >= 0.3 is 6.61 Å². The molecule has 0 radical (unpaired) electrons. The van der Waals surface area contributed by atoms with E-state index in [0.717, 1.165) is 11.1 Å². The lowest BCUT2D eigenvalue weighted by molar-refractivity contribution is -0.676. The smallest absolute Gasteiger partial charge is 0.387 e. The van der Waals surface area contributed by atoms with E-state index in [1.54, 1.807) is 12.1 Å². The van der Waals surface area contributed by atoms with Crippen molar-refractivity contribution in [1.29, 1.82) is 0 Å². The minimum absolute atomic E-state index is 0.0730. The molecular weight excluding hydrogens is 356 g/mol. The van der Waals surface area contributed by atoms with E-state index in [2.05, 4.69) is 15.4 Å². The van der Waals surface area contributed by atoms with Gasteiger partial charge in [0.15, 0.2) is 6.54 Å². The van der Waals surface area contributed by atoms with Crippen LogP contribution in [0, 0.1) is 0 Å². The standard InChI is InChI=1S/C19H21F2N3O3/c1-22-16(25)11-23-17(26)12-24-18(13-5-3-2-4-6-13)14-7-9-15(10-8-14)27-19(20)21/h2-10,18-19,24H,11-12H2,1H3,(H,22,25)(H,23,26)/p+1/t18-/m1/s1. The molecule has 0 aliphatic heterocycles. The van der Waals surface area contributed by atoms with Crippen LogP contribution in [0.2, 0.25) is 0 Å². The van der Waals surface area contributed by atoms with Gasteiger partial charge in [-0.2, -0.15) is 8.78 Å². The van der Waals surface area contributed by atoms with Gasteiger partial charge in [0, 0.05) is 18.2 Å². The summed E-state index contributed by atoms with van der Waals surface area (Å²) in [7, 11) is 1.49. The first-order valence-corrected chi connectivity index (χ1v) is 8.40. The Morgan fingerprint density at radius 1 is 1.00 bits per heavy atom. The van der Waals surface area contributed by atoms with Gasteiger partial charge in [0.2, 0.25) is 5.91 Å². The number of nitrogens with one attached hydrogen (secondary N) is 2. The fourth-order valence-corrected chi connectivity index (χ4v) is 2.55. The summed E-state index contributed by atoms with van der Waals surface area (Å²) in [6, 6.07) is 15.6. The first kappa shape index (κ1) is 20.3. The van der Waals surface area contributed by atoms with Gasteiger partial charge in [-0.05, 0) is 24.3 Å². The van der Waals surface area contributed by atoms with Gasteiger partial charge in [0.05, 0.1) is 6.54 Å². The van der Waals surface area contributed by atoms with Crippen molar-refractivity contribution in [1.82, 2.24) is 10.6 Å². The number of benzene rings is 2. The molecule has 0 aromatic heterocycles. The molecule has 0 bridgehead atoms. The average molecular weight is 378 g/mol. The molecule has 0 aliphatic carbocycles. The molecule has 144 valence electrons. The number of rotatable bonds is 9. The molecule has 1 atom stereocenters. The first-order chi connectivity index (χ1) is 13.0. The van der Waals surface area contributed by atoms with Gasteiger partial charge in [-0.1, -0.05) is 30.3 Å². The molecule has 8 heteroatoms. The van der Waals surface area contributed by atoms with Crippen LogP contribution in [0.1, 0.15) is 17.2 Å². The average Bonchev–Trinajstić information content (AvgIpc) is 2.67. The van der Waals surface area contributed by atoms with Crippen molar-refractivity contribution < 1.29 is 28.4 Å². The summed E-state index contributed by atoms with van der Waals surface area (Å²) >= 11 is 0. The van der Waals surface area contributed by atoms with E-state index >= 15 is 0 Å². The quantitative estimate of drug-likeness (QED) is 0.604. The van der Waals surface area contributed by atoms with Gasteiger partial charge in [-0.15, -0.1) is 0 Å². The van der Waals surface area contributed by atoms with Crippen LogP contribution in [-0.2, 0) is 9.59 Å². The summed E-state index contributed by atoms with van der Waals surface area (Å²) in [6.45, 7) is -2.86. The molecule has 0 unspecified atom stereocenters. The zero-order valence-electron chi connectivity index (χ0n) is 14.8. The molecule has 0 aliphatic rings. The molecule has 0 fully saturated rings. The molecule has 2 rings (SSSR count). The number of quaternary nitrogens is 1. The Hall–Kier alpha value is -3.00. The van der Waals surface area contributed by atoms with E-state index in [0.29, 0.717) is 0 Å². The summed E-state index contributed by atoms with van der Waals surface area (Å²) in [4.78, 5) is 23.2. The number of hydrogen-bond acceptors (Lipinski definition) is 3. The zero-order chi connectivity index (χ0) is 19.6. The third kappa shape index (κ3) is 6.67. The molecule has 0 saturated carbocycles. The second-order valence-electron chi connectivity index (χ2n) is 5.73. The molecule has 2 aromatic rings. The number of hydrogen-bond donors (Lipinski definition) is 3. The van der Waals surface area contributed by atoms with Crippen LogP contribution in [0.4, 0.5) is 8.78 Å². The minimum Gasteiger partial charge on any atom is -0.435 e. The van der Waals surface area contributed by atoms with Crippen LogP contribution in [0.25, 0.3) is 0 Å². The van der Waals surface area contributed by atoms with E-state index in [1.165, 1.54) is 19.2 Å². The predicted octanol–water partition coefficient (Wildman–Crippen LogP) is 0.803. The number of carbonyl (C=O) groups excluding carboxylic acids is 2. The fourth-order valence-electron chi connectivity index (χ4n) is 2.55. The zero-order valence-corrected chi connectivity index (χ0v) is 14.8.